The Labute approximate surface area is 106 Å². The Bertz CT molecular complexity index is 357. The SMILES string of the molecule is CC(CCCl)Sc1ncnc2c1CCCC2. The third-order valence-corrected chi connectivity index (χ3v) is 4.35. The van der Waals surface area contributed by atoms with Crippen LogP contribution in [0.25, 0.3) is 0 Å². The smallest absolute Gasteiger partial charge is 0.116 e. The van der Waals surface area contributed by atoms with E-state index in [9.17, 15) is 0 Å². The predicted molar refractivity (Wildman–Crippen MR) is 69.3 cm³/mol. The molecule has 0 fully saturated rings. The first kappa shape index (κ1) is 12.2. The molecule has 0 bridgehead atoms. The molecule has 1 unspecified atom stereocenters. The van der Waals surface area contributed by atoms with Gasteiger partial charge in [-0.3, -0.25) is 0 Å². The van der Waals surface area contributed by atoms with Crippen LogP contribution in [0.5, 0.6) is 0 Å². The van der Waals surface area contributed by atoms with Crippen LogP contribution in [0.1, 0.15) is 37.4 Å². The molecule has 88 valence electrons. The van der Waals surface area contributed by atoms with Gasteiger partial charge in [-0.2, -0.15) is 0 Å². The molecule has 4 heteroatoms. The summed E-state index contributed by atoms with van der Waals surface area (Å²) in [4.78, 5) is 8.81. The normalized spacial score (nSPS) is 16.9. The van der Waals surface area contributed by atoms with Crippen molar-refractivity contribution in [2.24, 2.45) is 0 Å². The third-order valence-electron chi connectivity index (χ3n) is 2.91. The lowest BCUT2D eigenvalue weighted by atomic mass is 9.98. The fourth-order valence-electron chi connectivity index (χ4n) is 2.00. The van der Waals surface area contributed by atoms with Crippen molar-refractivity contribution in [3.63, 3.8) is 0 Å². The highest BCUT2D eigenvalue weighted by Crippen LogP contribution is 2.31. The minimum atomic E-state index is 0.540. The number of alkyl halides is 1. The second-order valence-corrected chi connectivity index (χ2v) is 6.02. The highest BCUT2D eigenvalue weighted by molar-refractivity contribution is 7.99. The van der Waals surface area contributed by atoms with E-state index in [-0.39, 0.29) is 0 Å². The Morgan fingerprint density at radius 1 is 1.38 bits per heavy atom. The van der Waals surface area contributed by atoms with Gasteiger partial charge in [0.1, 0.15) is 11.4 Å². The summed E-state index contributed by atoms with van der Waals surface area (Å²) in [5, 5.41) is 1.72. The molecule has 0 spiro atoms. The van der Waals surface area contributed by atoms with Gasteiger partial charge in [0.25, 0.3) is 0 Å². The molecule has 1 aliphatic rings. The first-order valence-corrected chi connectivity index (χ1v) is 7.28. The molecule has 0 radical (unpaired) electrons. The monoisotopic (exact) mass is 256 g/mol. The number of hydrogen-bond acceptors (Lipinski definition) is 3. The number of rotatable bonds is 4. The molecule has 2 rings (SSSR count). The number of fused-ring (bicyclic) bond motifs is 1. The van der Waals surface area contributed by atoms with Crippen LogP contribution in [-0.2, 0) is 12.8 Å². The Kier molecular flexibility index (Phi) is 4.47. The van der Waals surface area contributed by atoms with E-state index in [0.29, 0.717) is 5.25 Å². The van der Waals surface area contributed by atoms with Crippen LogP contribution < -0.4 is 0 Å². The molecule has 16 heavy (non-hydrogen) atoms. The zero-order valence-electron chi connectivity index (χ0n) is 9.58. The summed E-state index contributed by atoms with van der Waals surface area (Å²) in [6.07, 6.45) is 7.55. The summed E-state index contributed by atoms with van der Waals surface area (Å²) in [5.74, 6) is 0.724. The van der Waals surface area contributed by atoms with E-state index in [1.165, 1.54) is 29.1 Å². The largest absolute Gasteiger partial charge is 0.241 e. The fourth-order valence-corrected chi connectivity index (χ4v) is 3.54. The van der Waals surface area contributed by atoms with Crippen molar-refractivity contribution in [1.82, 2.24) is 9.97 Å². The third kappa shape index (κ3) is 2.89. The Balaban J connectivity index is 2.14. The highest BCUT2D eigenvalue weighted by atomic mass is 35.5. The minimum Gasteiger partial charge on any atom is -0.241 e. The van der Waals surface area contributed by atoms with Gasteiger partial charge in [-0.15, -0.1) is 23.4 Å². The number of nitrogens with zero attached hydrogens (tertiary/aromatic N) is 2. The van der Waals surface area contributed by atoms with Gasteiger partial charge < -0.3 is 0 Å². The molecule has 1 aliphatic carbocycles. The number of hydrogen-bond donors (Lipinski definition) is 0. The summed E-state index contributed by atoms with van der Waals surface area (Å²) >= 11 is 7.61. The lowest BCUT2D eigenvalue weighted by Crippen LogP contribution is -2.09. The van der Waals surface area contributed by atoms with Crippen molar-refractivity contribution in [1.29, 1.82) is 0 Å². The molecule has 0 saturated carbocycles. The summed E-state index contributed by atoms with van der Waals surface area (Å²) < 4.78 is 0. The van der Waals surface area contributed by atoms with Crippen molar-refractivity contribution >= 4 is 23.4 Å². The molecule has 1 aromatic rings. The van der Waals surface area contributed by atoms with Crippen LogP contribution >= 0.6 is 23.4 Å². The summed E-state index contributed by atoms with van der Waals surface area (Å²) in [5.41, 5.74) is 2.65. The molecular formula is C12H17ClN2S. The standard InChI is InChI=1S/C12H17ClN2S/c1-9(6-7-13)16-12-10-4-2-3-5-11(10)14-8-15-12/h8-9H,2-7H2,1H3. The van der Waals surface area contributed by atoms with E-state index in [1.807, 2.05) is 11.8 Å². The zero-order chi connectivity index (χ0) is 11.4. The van der Waals surface area contributed by atoms with Gasteiger partial charge in [-0.1, -0.05) is 6.92 Å². The highest BCUT2D eigenvalue weighted by Gasteiger charge is 2.17. The van der Waals surface area contributed by atoms with Gasteiger partial charge in [-0.25, -0.2) is 9.97 Å². The molecule has 1 aromatic heterocycles. The number of halogens is 1. The van der Waals surface area contributed by atoms with Crippen LogP contribution in [0.15, 0.2) is 11.4 Å². The van der Waals surface area contributed by atoms with E-state index in [0.717, 1.165) is 25.1 Å². The van der Waals surface area contributed by atoms with Gasteiger partial charge >= 0.3 is 0 Å². The van der Waals surface area contributed by atoms with Gasteiger partial charge in [0.15, 0.2) is 0 Å². The fraction of sp³-hybridized carbons (Fsp3) is 0.667. The molecule has 0 N–H and O–H groups in total. The van der Waals surface area contributed by atoms with Gasteiger partial charge in [0, 0.05) is 22.4 Å². The maximum Gasteiger partial charge on any atom is 0.116 e. The van der Waals surface area contributed by atoms with E-state index in [2.05, 4.69) is 16.9 Å². The average molecular weight is 257 g/mol. The molecule has 2 nitrogen and oxygen atoms in total. The molecule has 0 amide bonds. The number of thioether (sulfide) groups is 1. The maximum atomic E-state index is 5.76. The molecule has 0 saturated heterocycles. The Hall–Kier alpha value is -0.280. The van der Waals surface area contributed by atoms with Crippen LogP contribution in [0.3, 0.4) is 0 Å². The van der Waals surface area contributed by atoms with E-state index < -0.39 is 0 Å². The van der Waals surface area contributed by atoms with Gasteiger partial charge in [-0.05, 0) is 32.1 Å². The quantitative estimate of drug-likeness (QED) is 0.469. The maximum absolute atomic E-state index is 5.76. The molecule has 0 aromatic carbocycles. The lowest BCUT2D eigenvalue weighted by Gasteiger charge is -2.18. The first-order chi connectivity index (χ1) is 7.81. The second kappa shape index (κ2) is 5.87. The van der Waals surface area contributed by atoms with E-state index in [1.54, 1.807) is 6.33 Å². The van der Waals surface area contributed by atoms with Crippen LogP contribution in [0.2, 0.25) is 0 Å². The van der Waals surface area contributed by atoms with Crippen LogP contribution in [0, 0.1) is 0 Å². The summed E-state index contributed by atoms with van der Waals surface area (Å²) in [7, 11) is 0. The average Bonchev–Trinajstić information content (AvgIpc) is 2.30. The van der Waals surface area contributed by atoms with Crippen LogP contribution in [0.4, 0.5) is 0 Å². The zero-order valence-corrected chi connectivity index (χ0v) is 11.2. The summed E-state index contributed by atoms with van der Waals surface area (Å²) in [6, 6.07) is 0. The first-order valence-electron chi connectivity index (χ1n) is 5.86. The van der Waals surface area contributed by atoms with Crippen LogP contribution in [-0.4, -0.2) is 21.1 Å². The van der Waals surface area contributed by atoms with Crippen molar-refractivity contribution in [2.45, 2.75) is 49.3 Å². The van der Waals surface area contributed by atoms with E-state index >= 15 is 0 Å². The van der Waals surface area contributed by atoms with Gasteiger partial charge in [0.05, 0.1) is 0 Å². The molecule has 0 aliphatic heterocycles. The second-order valence-electron chi connectivity index (χ2n) is 4.22. The van der Waals surface area contributed by atoms with Crippen molar-refractivity contribution < 1.29 is 0 Å². The molecule has 1 atom stereocenters. The minimum absolute atomic E-state index is 0.540. The lowest BCUT2D eigenvalue weighted by molar-refractivity contribution is 0.645. The Morgan fingerprint density at radius 2 is 2.19 bits per heavy atom. The van der Waals surface area contributed by atoms with E-state index in [4.69, 9.17) is 11.6 Å². The van der Waals surface area contributed by atoms with Crippen molar-refractivity contribution in [3.8, 4) is 0 Å². The molecular weight excluding hydrogens is 240 g/mol. The number of aromatic nitrogens is 2. The van der Waals surface area contributed by atoms with Gasteiger partial charge in [0.2, 0.25) is 0 Å². The molecule has 1 heterocycles. The number of aryl methyl sites for hydroxylation is 1. The topological polar surface area (TPSA) is 25.8 Å². The predicted octanol–water partition coefficient (Wildman–Crippen LogP) is 3.46. The van der Waals surface area contributed by atoms with Crippen molar-refractivity contribution in [3.05, 3.63) is 17.6 Å². The summed E-state index contributed by atoms with van der Waals surface area (Å²) in [6.45, 7) is 2.21. The van der Waals surface area contributed by atoms with Crippen molar-refractivity contribution in [2.75, 3.05) is 5.88 Å². The Morgan fingerprint density at radius 3 is 3.00 bits per heavy atom.